The van der Waals surface area contributed by atoms with E-state index in [1.54, 1.807) is 35.1 Å². The number of rotatable bonds is 0. The average molecular weight is 180 g/mol. The summed E-state index contributed by atoms with van der Waals surface area (Å²) in [5.41, 5.74) is 0.738. The van der Waals surface area contributed by atoms with E-state index in [0.29, 0.717) is 0 Å². The third-order valence-corrected chi connectivity index (χ3v) is 1.41. The average Bonchev–Trinajstić information content (AvgIpc) is 2.54. The first kappa shape index (κ1) is 9.05. The van der Waals surface area contributed by atoms with Crippen molar-refractivity contribution in [1.29, 1.82) is 0 Å². The lowest BCUT2D eigenvalue weighted by molar-refractivity contribution is -0.122. The molecule has 0 aromatic carbocycles. The highest BCUT2D eigenvalue weighted by Crippen LogP contribution is 2.15. The van der Waals surface area contributed by atoms with Gasteiger partial charge >= 0.3 is 0 Å². The molecule has 0 saturated heterocycles. The number of carbonyl (C=O) groups is 1. The van der Waals surface area contributed by atoms with Gasteiger partial charge in [0, 0.05) is 6.20 Å². The Morgan fingerprint density at radius 3 is 2.77 bits per heavy atom. The quantitative estimate of drug-likeness (QED) is 0.586. The molecule has 5 heteroatoms. The van der Waals surface area contributed by atoms with Crippen LogP contribution in [-0.4, -0.2) is 26.3 Å². The fraction of sp³-hybridized carbons (Fsp3) is 0. The zero-order valence-corrected chi connectivity index (χ0v) is 6.66. The Labute approximate surface area is 73.9 Å². The summed E-state index contributed by atoms with van der Waals surface area (Å²) >= 11 is 0. The second-order valence-corrected chi connectivity index (χ2v) is 2.16. The first-order chi connectivity index (χ1) is 6.29. The Balaban J connectivity index is 0.000000251. The summed E-state index contributed by atoms with van der Waals surface area (Å²) in [7, 11) is 0. The van der Waals surface area contributed by atoms with Crippen LogP contribution in [0.2, 0.25) is 0 Å². The van der Waals surface area contributed by atoms with E-state index >= 15 is 0 Å². The number of hydrogen-bond acceptors (Lipinski definition) is 3. The van der Waals surface area contributed by atoms with Crippen LogP contribution in [0.4, 0.5) is 0 Å². The van der Waals surface area contributed by atoms with Crippen molar-refractivity contribution >= 4 is 12.0 Å². The minimum absolute atomic E-state index is 0.250. The van der Waals surface area contributed by atoms with Crippen molar-refractivity contribution in [2.45, 2.75) is 0 Å². The molecule has 5 nitrogen and oxygen atoms in total. The molecule has 2 aromatic rings. The van der Waals surface area contributed by atoms with Crippen molar-refractivity contribution in [3.8, 4) is 5.75 Å². The van der Waals surface area contributed by atoms with Crippen LogP contribution in [0.1, 0.15) is 0 Å². The maximum absolute atomic E-state index is 9.20. The first-order valence-electron chi connectivity index (χ1n) is 3.48. The molecule has 0 spiro atoms. The third-order valence-electron chi connectivity index (χ3n) is 1.41. The number of carboxylic acid groups (broad SMARTS) is 1. The molecule has 2 rings (SSSR count). The van der Waals surface area contributed by atoms with Gasteiger partial charge in [-0.3, -0.25) is 4.79 Å². The molecular formula is C8H8N2O3. The molecule has 0 radical (unpaired) electrons. The van der Waals surface area contributed by atoms with E-state index in [9.17, 15) is 5.11 Å². The fourth-order valence-corrected chi connectivity index (χ4v) is 0.937. The van der Waals surface area contributed by atoms with Crippen molar-refractivity contribution in [2.75, 3.05) is 0 Å². The van der Waals surface area contributed by atoms with Crippen LogP contribution in [0.15, 0.2) is 30.6 Å². The molecule has 0 atom stereocenters. The zero-order valence-electron chi connectivity index (χ0n) is 6.66. The number of nitrogens with zero attached hydrogens (tertiary/aromatic N) is 2. The van der Waals surface area contributed by atoms with Crippen LogP contribution < -0.4 is 0 Å². The van der Waals surface area contributed by atoms with E-state index in [4.69, 9.17) is 9.90 Å². The second kappa shape index (κ2) is 4.10. The van der Waals surface area contributed by atoms with Gasteiger partial charge in [0.05, 0.1) is 6.20 Å². The number of hydrogen-bond donors (Lipinski definition) is 2. The molecule has 2 N–H and O–H groups in total. The number of fused-ring (bicyclic) bond motifs is 1. The van der Waals surface area contributed by atoms with Crippen molar-refractivity contribution in [2.24, 2.45) is 0 Å². The molecule has 0 aliphatic rings. The minimum Gasteiger partial charge on any atom is -0.506 e. The van der Waals surface area contributed by atoms with Gasteiger partial charge in [0.2, 0.25) is 0 Å². The molecule has 0 unspecified atom stereocenters. The highest BCUT2D eigenvalue weighted by atomic mass is 16.3. The van der Waals surface area contributed by atoms with Crippen LogP contribution in [0.3, 0.4) is 0 Å². The van der Waals surface area contributed by atoms with E-state index in [1.165, 1.54) is 0 Å². The summed E-state index contributed by atoms with van der Waals surface area (Å²) in [5.74, 6) is 0.264. The lowest BCUT2D eigenvalue weighted by Gasteiger charge is -1.93. The van der Waals surface area contributed by atoms with Gasteiger partial charge in [-0.05, 0) is 18.2 Å². The summed E-state index contributed by atoms with van der Waals surface area (Å²) in [6.07, 6.45) is 3.43. The lowest BCUT2D eigenvalue weighted by atomic mass is 10.4. The van der Waals surface area contributed by atoms with Gasteiger partial charge in [-0.15, -0.1) is 0 Å². The molecule has 0 aliphatic heterocycles. The molecule has 0 saturated carbocycles. The van der Waals surface area contributed by atoms with Gasteiger partial charge in [0.15, 0.2) is 0 Å². The molecular weight excluding hydrogens is 172 g/mol. The van der Waals surface area contributed by atoms with Crippen LogP contribution in [0.25, 0.3) is 5.52 Å². The zero-order chi connectivity index (χ0) is 9.68. The van der Waals surface area contributed by atoms with Crippen molar-refractivity contribution in [3.63, 3.8) is 0 Å². The van der Waals surface area contributed by atoms with E-state index in [1.807, 2.05) is 0 Å². The van der Waals surface area contributed by atoms with Gasteiger partial charge < -0.3 is 10.2 Å². The molecule has 0 fully saturated rings. The Morgan fingerprint density at radius 1 is 1.46 bits per heavy atom. The molecule has 2 aromatic heterocycles. The largest absolute Gasteiger partial charge is 0.506 e. The van der Waals surface area contributed by atoms with Gasteiger partial charge in [-0.25, -0.2) is 4.52 Å². The summed E-state index contributed by atoms with van der Waals surface area (Å²) in [4.78, 5) is 8.36. The molecule has 68 valence electrons. The van der Waals surface area contributed by atoms with Crippen LogP contribution in [-0.2, 0) is 4.79 Å². The Kier molecular flexibility index (Phi) is 2.86. The standard InChI is InChI=1S/C7H6N2O.CH2O2/c10-7-2-1-5-9-6(7)3-4-8-9;2-1-3/h1-5,10H;1H,(H,2,3). The molecule has 0 aliphatic carbocycles. The highest BCUT2D eigenvalue weighted by molar-refractivity contribution is 5.57. The van der Waals surface area contributed by atoms with E-state index < -0.39 is 0 Å². The van der Waals surface area contributed by atoms with Crippen molar-refractivity contribution in [3.05, 3.63) is 30.6 Å². The monoisotopic (exact) mass is 180 g/mol. The maximum atomic E-state index is 9.20. The van der Waals surface area contributed by atoms with Gasteiger partial charge in [0.25, 0.3) is 6.47 Å². The van der Waals surface area contributed by atoms with Gasteiger partial charge in [0.1, 0.15) is 11.3 Å². The Hall–Kier alpha value is -2.04. The van der Waals surface area contributed by atoms with E-state index in [0.717, 1.165) is 5.52 Å². The van der Waals surface area contributed by atoms with E-state index in [-0.39, 0.29) is 12.2 Å². The van der Waals surface area contributed by atoms with Crippen molar-refractivity contribution in [1.82, 2.24) is 9.61 Å². The van der Waals surface area contributed by atoms with Gasteiger partial charge in [-0.2, -0.15) is 5.10 Å². The molecule has 13 heavy (non-hydrogen) atoms. The summed E-state index contributed by atoms with van der Waals surface area (Å²) in [6.45, 7) is -0.250. The Morgan fingerprint density at radius 2 is 2.15 bits per heavy atom. The lowest BCUT2D eigenvalue weighted by Crippen LogP contribution is -1.83. The fourth-order valence-electron chi connectivity index (χ4n) is 0.937. The van der Waals surface area contributed by atoms with Gasteiger partial charge in [-0.1, -0.05) is 0 Å². The van der Waals surface area contributed by atoms with Crippen molar-refractivity contribution < 1.29 is 15.0 Å². The number of aromatic nitrogens is 2. The predicted molar refractivity (Wildman–Crippen MR) is 45.5 cm³/mol. The second-order valence-electron chi connectivity index (χ2n) is 2.16. The number of aromatic hydroxyl groups is 1. The van der Waals surface area contributed by atoms with Crippen LogP contribution in [0, 0.1) is 0 Å². The topological polar surface area (TPSA) is 74.8 Å². The maximum Gasteiger partial charge on any atom is 0.290 e. The molecule has 0 bridgehead atoms. The number of pyridine rings is 1. The first-order valence-corrected chi connectivity index (χ1v) is 3.48. The summed E-state index contributed by atoms with van der Waals surface area (Å²) in [6, 6.07) is 5.14. The summed E-state index contributed by atoms with van der Waals surface area (Å²) in [5, 5.41) is 20.0. The molecule has 2 heterocycles. The summed E-state index contributed by atoms with van der Waals surface area (Å²) < 4.78 is 1.62. The van der Waals surface area contributed by atoms with E-state index in [2.05, 4.69) is 5.10 Å². The normalized spacial score (nSPS) is 8.92. The predicted octanol–water partition coefficient (Wildman–Crippen LogP) is 0.741. The highest BCUT2D eigenvalue weighted by Gasteiger charge is 1.95. The molecule has 0 amide bonds. The SMILES string of the molecule is O=CO.Oc1cccn2nccc12. The minimum atomic E-state index is -0.250. The third kappa shape index (κ3) is 1.96. The smallest absolute Gasteiger partial charge is 0.290 e. The Bertz CT molecular complexity index is 397. The van der Waals surface area contributed by atoms with Crippen LogP contribution in [0.5, 0.6) is 5.75 Å². The van der Waals surface area contributed by atoms with Crippen LogP contribution >= 0.6 is 0 Å².